The molecule has 1 aromatic carbocycles. The molecule has 1 N–H and O–H groups in total. The second kappa shape index (κ2) is 6.60. The first-order chi connectivity index (χ1) is 6.49. The van der Waals surface area contributed by atoms with Crippen LogP contribution in [0.15, 0.2) is 18.2 Å². The van der Waals surface area contributed by atoms with E-state index in [0.717, 1.165) is 3.92 Å². The molecule has 4 heteroatoms. The Morgan fingerprint density at radius 2 is 2.00 bits per heavy atom. The van der Waals surface area contributed by atoms with Gasteiger partial charge in [0.15, 0.2) is 11.6 Å². The zero-order valence-corrected chi connectivity index (χ0v) is 10.1. The van der Waals surface area contributed by atoms with Crippen LogP contribution in [0, 0.1) is 17.1 Å². The number of aromatic hydroxyl groups is 1. The molecule has 0 saturated heterocycles. The Balaban J connectivity index is 0.000000364. The van der Waals surface area contributed by atoms with Crippen molar-refractivity contribution in [2.24, 2.45) is 0 Å². The van der Waals surface area contributed by atoms with Crippen LogP contribution in [0.3, 0.4) is 0 Å². The molecule has 14 heavy (non-hydrogen) atoms. The van der Waals surface area contributed by atoms with E-state index >= 15 is 0 Å². The molecule has 0 spiro atoms. The summed E-state index contributed by atoms with van der Waals surface area (Å²) in [5.41, 5.74) is -0.139. The van der Waals surface area contributed by atoms with Crippen LogP contribution in [0.2, 0.25) is 0 Å². The number of hydrogen-bond donors (Lipinski definition) is 1. The largest absolute Gasteiger partial charge is 0.505 e. The third-order valence-corrected chi connectivity index (χ3v) is 1.10. The first-order valence-corrected chi connectivity index (χ1v) is 5.25. The van der Waals surface area contributed by atoms with Gasteiger partial charge in [-0.1, -0.05) is 42.5 Å². The Morgan fingerprint density at radius 1 is 1.50 bits per heavy atom. The average molecular weight is 307 g/mol. The highest BCUT2D eigenvalue weighted by molar-refractivity contribution is 14.1. The molecule has 0 heterocycles. The lowest BCUT2D eigenvalue weighted by molar-refractivity contribution is 0.431. The van der Waals surface area contributed by atoms with Crippen LogP contribution in [0.25, 0.3) is 0 Å². The monoisotopic (exact) mass is 307 g/mol. The van der Waals surface area contributed by atoms with Crippen molar-refractivity contribution >= 4 is 22.6 Å². The van der Waals surface area contributed by atoms with E-state index < -0.39 is 11.6 Å². The number of halogens is 2. The van der Waals surface area contributed by atoms with Gasteiger partial charge in [-0.15, -0.1) is 0 Å². The van der Waals surface area contributed by atoms with Crippen LogP contribution < -0.4 is 0 Å². The van der Waals surface area contributed by atoms with Gasteiger partial charge in [0.1, 0.15) is 6.07 Å². The molecule has 2 nitrogen and oxygen atoms in total. The lowest BCUT2D eigenvalue weighted by Gasteiger charge is -1.93. The second-order valence-corrected chi connectivity index (χ2v) is 5.26. The van der Waals surface area contributed by atoms with E-state index in [1.165, 1.54) is 18.2 Å². The summed E-state index contributed by atoms with van der Waals surface area (Å²) < 4.78 is 13.3. The van der Waals surface area contributed by atoms with Gasteiger partial charge in [-0.3, -0.25) is 0 Å². The maximum atomic E-state index is 12.5. The molecule has 0 unspecified atom stereocenters. The van der Waals surface area contributed by atoms with Crippen molar-refractivity contribution < 1.29 is 9.50 Å². The van der Waals surface area contributed by atoms with Crippen molar-refractivity contribution in [3.8, 4) is 11.8 Å². The van der Waals surface area contributed by atoms with E-state index in [0.29, 0.717) is 0 Å². The normalized spacial score (nSPS) is 8.86. The van der Waals surface area contributed by atoms with Crippen molar-refractivity contribution in [3.05, 3.63) is 29.6 Å². The topological polar surface area (TPSA) is 44.0 Å². The molecule has 0 saturated carbocycles. The Kier molecular flexibility index (Phi) is 6.21. The average Bonchev–Trinajstić information content (AvgIpc) is 2.09. The highest BCUT2D eigenvalue weighted by Gasteiger charge is 2.03. The molecule has 76 valence electrons. The number of nitriles is 1. The standard InChI is InChI=1S/C7H4FNO.C3H7I/c8-7-5(4-9)2-1-3-6(7)10;1-3(2)4/h1-3,10H;3H,1-2H3. The molecule has 0 radical (unpaired) electrons. The van der Waals surface area contributed by atoms with Crippen molar-refractivity contribution in [2.75, 3.05) is 0 Å². The van der Waals surface area contributed by atoms with Crippen molar-refractivity contribution in [2.45, 2.75) is 17.8 Å². The minimum atomic E-state index is -0.856. The summed E-state index contributed by atoms with van der Waals surface area (Å²) in [5, 5.41) is 16.9. The molecular weight excluding hydrogens is 296 g/mol. The van der Waals surface area contributed by atoms with Crippen LogP contribution in [-0.4, -0.2) is 9.03 Å². The Labute approximate surface area is 96.5 Å². The van der Waals surface area contributed by atoms with Crippen LogP contribution in [0.1, 0.15) is 19.4 Å². The molecule has 0 aliphatic rings. The molecule has 0 fully saturated rings. The van der Waals surface area contributed by atoms with Gasteiger partial charge >= 0.3 is 0 Å². The maximum absolute atomic E-state index is 12.5. The van der Waals surface area contributed by atoms with E-state index in [4.69, 9.17) is 10.4 Å². The van der Waals surface area contributed by atoms with E-state index in [9.17, 15) is 4.39 Å². The van der Waals surface area contributed by atoms with Gasteiger partial charge < -0.3 is 5.11 Å². The molecule has 0 aliphatic heterocycles. The van der Waals surface area contributed by atoms with Crippen molar-refractivity contribution in [3.63, 3.8) is 0 Å². The fraction of sp³-hybridized carbons (Fsp3) is 0.300. The zero-order valence-electron chi connectivity index (χ0n) is 7.96. The van der Waals surface area contributed by atoms with Crippen molar-refractivity contribution in [1.29, 1.82) is 5.26 Å². The SMILES string of the molecule is CC(C)I.N#Cc1cccc(O)c1F. The van der Waals surface area contributed by atoms with E-state index in [2.05, 4.69) is 36.4 Å². The van der Waals surface area contributed by atoms with Crippen molar-refractivity contribution in [1.82, 2.24) is 0 Å². The van der Waals surface area contributed by atoms with Gasteiger partial charge in [0.05, 0.1) is 5.56 Å². The first kappa shape index (κ1) is 13.2. The summed E-state index contributed by atoms with van der Waals surface area (Å²) in [6.45, 7) is 4.31. The highest BCUT2D eigenvalue weighted by Crippen LogP contribution is 2.16. The highest BCUT2D eigenvalue weighted by atomic mass is 127. The second-order valence-electron chi connectivity index (χ2n) is 2.76. The summed E-state index contributed by atoms with van der Waals surface area (Å²) in [6.07, 6.45) is 0. The van der Waals surface area contributed by atoms with E-state index in [1.54, 1.807) is 6.07 Å². The summed E-state index contributed by atoms with van der Waals surface area (Å²) in [7, 11) is 0. The Morgan fingerprint density at radius 3 is 2.36 bits per heavy atom. The Hall–Kier alpha value is -0.830. The number of phenolic OH excluding ortho intramolecular Hbond substituents is 1. The van der Waals surface area contributed by atoms with Gasteiger partial charge in [-0.2, -0.15) is 5.26 Å². The molecule has 0 bridgehead atoms. The zero-order chi connectivity index (χ0) is 11.1. The minimum Gasteiger partial charge on any atom is -0.505 e. The summed E-state index contributed by atoms with van der Waals surface area (Å²) in [5.74, 6) is -1.34. The van der Waals surface area contributed by atoms with Gasteiger partial charge in [0.25, 0.3) is 0 Å². The molecular formula is C10H11FINO. The number of benzene rings is 1. The molecule has 0 aromatic heterocycles. The number of nitrogens with zero attached hydrogens (tertiary/aromatic N) is 1. The van der Waals surface area contributed by atoms with E-state index in [-0.39, 0.29) is 5.56 Å². The molecule has 0 amide bonds. The van der Waals surface area contributed by atoms with Crippen LogP contribution in [0.5, 0.6) is 5.75 Å². The maximum Gasteiger partial charge on any atom is 0.182 e. The fourth-order valence-electron chi connectivity index (χ4n) is 0.606. The quantitative estimate of drug-likeness (QED) is 0.591. The lowest BCUT2D eigenvalue weighted by Crippen LogP contribution is -1.81. The number of rotatable bonds is 0. The molecule has 1 rings (SSSR count). The molecule has 0 aliphatic carbocycles. The summed E-state index contributed by atoms with van der Waals surface area (Å²) in [4.78, 5) is 0. The third kappa shape index (κ3) is 5.02. The van der Waals surface area contributed by atoms with E-state index in [1.807, 2.05) is 0 Å². The molecule has 0 atom stereocenters. The fourth-order valence-corrected chi connectivity index (χ4v) is 0.606. The van der Waals surface area contributed by atoms with Gasteiger partial charge in [-0.05, 0) is 12.1 Å². The predicted octanol–water partition coefficient (Wildman–Crippen LogP) is 3.23. The predicted molar refractivity (Wildman–Crippen MR) is 61.9 cm³/mol. The Bertz CT molecular complexity index is 331. The number of hydrogen-bond acceptors (Lipinski definition) is 2. The minimum absolute atomic E-state index is 0.139. The third-order valence-electron chi connectivity index (χ3n) is 1.10. The number of phenols is 1. The van der Waals surface area contributed by atoms with Crippen LogP contribution >= 0.6 is 22.6 Å². The molecule has 1 aromatic rings. The number of alkyl halides is 1. The van der Waals surface area contributed by atoms with Crippen LogP contribution in [0.4, 0.5) is 4.39 Å². The first-order valence-electron chi connectivity index (χ1n) is 4.00. The summed E-state index contributed by atoms with van der Waals surface area (Å²) in [6, 6.07) is 5.51. The van der Waals surface area contributed by atoms with Gasteiger partial charge in [-0.25, -0.2) is 4.39 Å². The van der Waals surface area contributed by atoms with Crippen LogP contribution in [-0.2, 0) is 0 Å². The lowest BCUT2D eigenvalue weighted by atomic mass is 10.2. The smallest absolute Gasteiger partial charge is 0.182 e. The summed E-state index contributed by atoms with van der Waals surface area (Å²) >= 11 is 2.34. The van der Waals surface area contributed by atoms with Gasteiger partial charge in [0.2, 0.25) is 0 Å². The van der Waals surface area contributed by atoms with Gasteiger partial charge in [0, 0.05) is 3.92 Å².